The molecule has 0 saturated carbocycles. The molecule has 0 saturated heterocycles. The van der Waals surface area contributed by atoms with Gasteiger partial charge in [0.15, 0.2) is 23.0 Å². The Bertz CT molecular complexity index is 931. The van der Waals surface area contributed by atoms with E-state index in [1.165, 1.54) is 5.56 Å². The highest BCUT2D eigenvalue weighted by atomic mass is 16.5. The molecule has 0 aromatic heterocycles. The summed E-state index contributed by atoms with van der Waals surface area (Å²) in [5.74, 6) is 2.47. The smallest absolute Gasteiger partial charge is 0.316 e. The highest BCUT2D eigenvalue weighted by molar-refractivity contribution is 5.83. The average molecular weight is 474 g/mol. The zero-order valence-electron chi connectivity index (χ0n) is 21.6. The molecule has 0 amide bonds. The molecule has 0 aliphatic heterocycles. The first-order valence-electron chi connectivity index (χ1n) is 11.6. The second kappa shape index (κ2) is 13.1. The molecule has 0 N–H and O–H groups in total. The number of ether oxygens (including phenoxy) is 5. The molecule has 2 rings (SSSR count). The van der Waals surface area contributed by atoms with Crippen LogP contribution in [0.4, 0.5) is 0 Å². The van der Waals surface area contributed by atoms with E-state index in [1.54, 1.807) is 28.4 Å². The zero-order valence-corrected chi connectivity index (χ0v) is 21.6. The Morgan fingerprint density at radius 1 is 0.853 bits per heavy atom. The fraction of sp³-hybridized carbons (Fsp3) is 0.519. The summed E-state index contributed by atoms with van der Waals surface area (Å²) >= 11 is 0. The molecule has 2 aromatic carbocycles. The van der Waals surface area contributed by atoms with Crippen molar-refractivity contribution in [1.82, 2.24) is 4.90 Å². The number of likely N-dealkylation sites (N-methyl/N-ethyl adjacent to an activating group) is 1. The Kier molecular flexibility index (Phi) is 10.5. The first-order valence-corrected chi connectivity index (χ1v) is 11.6. The minimum absolute atomic E-state index is 0.227. The van der Waals surface area contributed by atoms with Gasteiger partial charge in [0.2, 0.25) is 0 Å². The van der Waals surface area contributed by atoms with Crippen LogP contribution in [0.5, 0.6) is 23.0 Å². The van der Waals surface area contributed by atoms with Gasteiger partial charge in [-0.3, -0.25) is 4.79 Å². The first kappa shape index (κ1) is 27.3. The third-order valence-electron chi connectivity index (χ3n) is 6.19. The average Bonchev–Trinajstić information content (AvgIpc) is 2.86. The van der Waals surface area contributed by atoms with Crippen molar-refractivity contribution in [3.63, 3.8) is 0 Å². The van der Waals surface area contributed by atoms with Gasteiger partial charge in [0.1, 0.15) is 0 Å². The van der Waals surface area contributed by atoms with E-state index in [0.29, 0.717) is 24.5 Å². The molecule has 0 aliphatic rings. The monoisotopic (exact) mass is 473 g/mol. The van der Waals surface area contributed by atoms with Crippen molar-refractivity contribution in [2.75, 3.05) is 55.2 Å². The van der Waals surface area contributed by atoms with Crippen LogP contribution in [0.3, 0.4) is 0 Å². The molecule has 7 nitrogen and oxygen atoms in total. The highest BCUT2D eigenvalue weighted by Gasteiger charge is 2.37. The number of esters is 1. The number of methoxy groups -OCH3 is 4. The molecule has 34 heavy (non-hydrogen) atoms. The van der Waals surface area contributed by atoms with Gasteiger partial charge in [-0.2, -0.15) is 0 Å². The van der Waals surface area contributed by atoms with E-state index in [1.807, 2.05) is 44.2 Å². The molecular formula is C27H39NO6. The van der Waals surface area contributed by atoms with Gasteiger partial charge in [-0.15, -0.1) is 0 Å². The second-order valence-electron chi connectivity index (χ2n) is 8.47. The van der Waals surface area contributed by atoms with Gasteiger partial charge in [-0.1, -0.05) is 12.1 Å². The van der Waals surface area contributed by atoms with E-state index >= 15 is 0 Å². The topological polar surface area (TPSA) is 66.5 Å². The number of hydrogen-bond acceptors (Lipinski definition) is 7. The summed E-state index contributed by atoms with van der Waals surface area (Å²) in [5, 5.41) is 0. The molecule has 0 radical (unpaired) electrons. The lowest BCUT2D eigenvalue weighted by Crippen LogP contribution is -2.35. The number of hydrogen-bond donors (Lipinski definition) is 0. The summed E-state index contributed by atoms with van der Waals surface area (Å²) in [4.78, 5) is 15.3. The van der Waals surface area contributed by atoms with E-state index in [-0.39, 0.29) is 5.97 Å². The Morgan fingerprint density at radius 2 is 1.44 bits per heavy atom. The summed E-state index contributed by atoms with van der Waals surface area (Å²) < 4.78 is 27.0. The van der Waals surface area contributed by atoms with Gasteiger partial charge in [0, 0.05) is 6.54 Å². The molecule has 0 unspecified atom stereocenters. The first-order chi connectivity index (χ1) is 16.3. The predicted octanol–water partition coefficient (Wildman–Crippen LogP) is 4.50. The summed E-state index contributed by atoms with van der Waals surface area (Å²) in [6.45, 7) is 5.86. The number of benzene rings is 2. The van der Waals surface area contributed by atoms with Crippen molar-refractivity contribution in [3.8, 4) is 23.0 Å². The zero-order chi connectivity index (χ0) is 25.1. The fourth-order valence-corrected chi connectivity index (χ4v) is 4.00. The quantitative estimate of drug-likeness (QED) is 0.374. The maximum absolute atomic E-state index is 13.0. The molecule has 0 spiro atoms. The van der Waals surface area contributed by atoms with E-state index in [2.05, 4.69) is 18.0 Å². The Morgan fingerprint density at radius 3 is 2.03 bits per heavy atom. The second-order valence-corrected chi connectivity index (χ2v) is 8.47. The molecule has 7 heteroatoms. The van der Waals surface area contributed by atoms with Gasteiger partial charge < -0.3 is 28.6 Å². The van der Waals surface area contributed by atoms with Crippen molar-refractivity contribution in [3.05, 3.63) is 47.5 Å². The molecule has 0 aliphatic carbocycles. The minimum Gasteiger partial charge on any atom is -0.493 e. The van der Waals surface area contributed by atoms with E-state index in [0.717, 1.165) is 43.0 Å². The van der Waals surface area contributed by atoms with Crippen LogP contribution >= 0.6 is 0 Å². The van der Waals surface area contributed by atoms with E-state index < -0.39 is 5.41 Å². The molecule has 2 aromatic rings. The third kappa shape index (κ3) is 6.79. The maximum Gasteiger partial charge on any atom is 0.316 e. The van der Waals surface area contributed by atoms with Crippen molar-refractivity contribution in [1.29, 1.82) is 0 Å². The van der Waals surface area contributed by atoms with Gasteiger partial charge in [-0.05, 0) is 82.1 Å². The van der Waals surface area contributed by atoms with Crippen LogP contribution in [0.25, 0.3) is 0 Å². The number of rotatable bonds is 14. The maximum atomic E-state index is 13.0. The third-order valence-corrected chi connectivity index (χ3v) is 6.19. The number of nitrogens with zero attached hydrogens (tertiary/aromatic N) is 1. The summed E-state index contributed by atoms with van der Waals surface area (Å²) in [6.07, 6.45) is 2.38. The standard InChI is InChI=1S/C27H39NO6/c1-8-34-26(29)27(2,21-11-13-23(31-5)25(19-21)33-7)15-9-16-28(3)17-14-20-10-12-22(30-4)24(18-20)32-6/h10-13,18-19H,8-9,14-17H2,1-7H3/t27-/m1/s1. The Labute approximate surface area is 203 Å². The van der Waals surface area contributed by atoms with Crippen molar-refractivity contribution in [2.45, 2.75) is 38.5 Å². The lowest BCUT2D eigenvalue weighted by atomic mass is 9.78. The van der Waals surface area contributed by atoms with Crippen molar-refractivity contribution >= 4 is 5.97 Å². The lowest BCUT2D eigenvalue weighted by Gasteiger charge is -2.29. The van der Waals surface area contributed by atoms with Crippen LogP contribution in [0.15, 0.2) is 36.4 Å². The van der Waals surface area contributed by atoms with Gasteiger partial charge in [0.25, 0.3) is 0 Å². The summed E-state index contributed by atoms with van der Waals surface area (Å²) in [7, 11) is 8.57. The van der Waals surface area contributed by atoms with Crippen molar-refractivity contribution in [2.24, 2.45) is 0 Å². The summed E-state index contributed by atoms with van der Waals surface area (Å²) in [6, 6.07) is 11.6. The van der Waals surface area contributed by atoms with Crippen LogP contribution in [0, 0.1) is 0 Å². The Hall–Kier alpha value is -2.93. The Balaban J connectivity index is 2.03. The van der Waals surface area contributed by atoms with Gasteiger partial charge in [-0.25, -0.2) is 0 Å². The SMILES string of the molecule is CCOC(=O)[C@](C)(CCCN(C)CCc1ccc(OC)c(OC)c1)c1ccc(OC)c(OC)c1. The van der Waals surface area contributed by atoms with Gasteiger partial charge >= 0.3 is 5.97 Å². The van der Waals surface area contributed by atoms with Crippen LogP contribution in [-0.2, 0) is 21.4 Å². The molecule has 0 bridgehead atoms. The molecule has 1 atom stereocenters. The molecule has 0 fully saturated rings. The lowest BCUT2D eigenvalue weighted by molar-refractivity contribution is -0.149. The number of carbonyl (C=O) groups excluding carboxylic acids is 1. The van der Waals surface area contributed by atoms with E-state index in [4.69, 9.17) is 23.7 Å². The van der Waals surface area contributed by atoms with Crippen molar-refractivity contribution < 1.29 is 28.5 Å². The highest BCUT2D eigenvalue weighted by Crippen LogP contribution is 2.37. The molecule has 188 valence electrons. The fourth-order valence-electron chi connectivity index (χ4n) is 4.00. The number of carbonyl (C=O) groups is 1. The normalized spacial score (nSPS) is 12.7. The minimum atomic E-state index is -0.778. The van der Waals surface area contributed by atoms with E-state index in [9.17, 15) is 4.79 Å². The summed E-state index contributed by atoms with van der Waals surface area (Å²) in [5.41, 5.74) is 1.27. The van der Waals surface area contributed by atoms with Crippen LogP contribution in [0.2, 0.25) is 0 Å². The largest absolute Gasteiger partial charge is 0.493 e. The van der Waals surface area contributed by atoms with Gasteiger partial charge in [0.05, 0.1) is 40.5 Å². The van der Waals surface area contributed by atoms with Crippen LogP contribution in [-0.4, -0.2) is 66.1 Å². The van der Waals surface area contributed by atoms with Crippen LogP contribution in [0.1, 0.15) is 37.8 Å². The predicted molar refractivity (Wildman–Crippen MR) is 134 cm³/mol. The van der Waals surface area contributed by atoms with Crippen LogP contribution < -0.4 is 18.9 Å². The molecular weight excluding hydrogens is 434 g/mol. The molecule has 0 heterocycles.